The van der Waals surface area contributed by atoms with Crippen LogP contribution in [0.15, 0.2) is 27.8 Å². The van der Waals surface area contributed by atoms with Gasteiger partial charge in [-0.05, 0) is 17.7 Å². The van der Waals surface area contributed by atoms with Crippen LogP contribution in [0.3, 0.4) is 0 Å². The van der Waals surface area contributed by atoms with Crippen LogP contribution in [0, 0.1) is 0 Å². The van der Waals surface area contributed by atoms with Gasteiger partial charge in [0.25, 0.3) is 5.56 Å². The number of hydrogen-bond acceptors (Lipinski definition) is 5. The van der Waals surface area contributed by atoms with Crippen molar-refractivity contribution in [3.8, 4) is 0 Å². The molecular weight excluding hydrogens is 391 g/mol. The van der Waals surface area contributed by atoms with Crippen LogP contribution in [0.25, 0.3) is 11.2 Å². The molecule has 1 saturated heterocycles. The summed E-state index contributed by atoms with van der Waals surface area (Å²) in [4.78, 5) is 30.3. The van der Waals surface area contributed by atoms with Crippen molar-refractivity contribution in [2.24, 2.45) is 14.1 Å². The number of aromatic nitrogens is 4. The van der Waals surface area contributed by atoms with E-state index < -0.39 is 11.2 Å². The Morgan fingerprint density at radius 1 is 1.19 bits per heavy atom. The van der Waals surface area contributed by atoms with Crippen molar-refractivity contribution in [1.29, 1.82) is 0 Å². The lowest BCUT2D eigenvalue weighted by molar-refractivity contribution is 0.468. The molecule has 0 aliphatic carbocycles. The van der Waals surface area contributed by atoms with E-state index in [1.165, 1.54) is 9.13 Å². The Morgan fingerprint density at radius 3 is 2.56 bits per heavy atom. The number of rotatable bonds is 4. The van der Waals surface area contributed by atoms with Crippen LogP contribution in [0.4, 0.5) is 5.95 Å². The lowest BCUT2D eigenvalue weighted by atomic mass is 10.2. The standard InChI is InChI=1S/C17H18Cl2N6O2/c1-23-13-14(22-16(23)21-10-6-20-7-10)24(2)17(27)25(15(13)26)8-9-3-4-11(18)12(19)5-9/h3-5,10,20H,6-8H2,1-2H3,(H,21,22). The fourth-order valence-electron chi connectivity index (χ4n) is 3.11. The molecule has 3 heterocycles. The number of imidazole rings is 1. The molecule has 142 valence electrons. The van der Waals surface area contributed by atoms with Crippen LogP contribution in [-0.4, -0.2) is 37.8 Å². The van der Waals surface area contributed by atoms with Crippen molar-refractivity contribution in [2.75, 3.05) is 18.4 Å². The Hall–Kier alpha value is -2.29. The minimum atomic E-state index is -0.437. The first-order valence-corrected chi connectivity index (χ1v) is 9.20. The summed E-state index contributed by atoms with van der Waals surface area (Å²) in [5, 5.41) is 7.25. The van der Waals surface area contributed by atoms with Crippen molar-refractivity contribution in [1.82, 2.24) is 24.0 Å². The Balaban J connectivity index is 1.83. The average Bonchev–Trinajstić information content (AvgIpc) is 2.93. The SMILES string of the molecule is Cn1c(NC2CNC2)nc2c1c(=O)n(Cc1ccc(Cl)c(Cl)c1)c(=O)n2C. The van der Waals surface area contributed by atoms with Crippen LogP contribution >= 0.6 is 23.2 Å². The molecule has 4 rings (SSSR count). The van der Waals surface area contributed by atoms with Gasteiger partial charge in [0.15, 0.2) is 11.2 Å². The number of anilines is 1. The summed E-state index contributed by atoms with van der Waals surface area (Å²) in [7, 11) is 3.37. The molecule has 0 amide bonds. The van der Waals surface area contributed by atoms with Crippen molar-refractivity contribution in [3.05, 3.63) is 54.6 Å². The zero-order valence-electron chi connectivity index (χ0n) is 14.8. The van der Waals surface area contributed by atoms with Gasteiger partial charge in [0.1, 0.15) is 0 Å². The maximum atomic E-state index is 13.1. The molecule has 10 heteroatoms. The van der Waals surface area contributed by atoms with E-state index in [9.17, 15) is 9.59 Å². The smallest absolute Gasteiger partial charge is 0.332 e. The Labute approximate surface area is 164 Å². The number of halogens is 2. The van der Waals surface area contributed by atoms with E-state index in [-0.39, 0.29) is 12.6 Å². The summed E-state index contributed by atoms with van der Waals surface area (Å²) in [5.74, 6) is 0.566. The highest BCUT2D eigenvalue weighted by atomic mass is 35.5. The predicted octanol–water partition coefficient (Wildman–Crippen LogP) is 1.17. The van der Waals surface area contributed by atoms with Gasteiger partial charge in [0.2, 0.25) is 5.95 Å². The largest absolute Gasteiger partial charge is 0.350 e. The maximum absolute atomic E-state index is 13.1. The second kappa shape index (κ2) is 6.70. The molecule has 2 N–H and O–H groups in total. The summed E-state index contributed by atoms with van der Waals surface area (Å²) < 4.78 is 4.26. The molecule has 27 heavy (non-hydrogen) atoms. The molecule has 8 nitrogen and oxygen atoms in total. The van der Waals surface area contributed by atoms with E-state index in [4.69, 9.17) is 23.2 Å². The third-order valence-corrected chi connectivity index (χ3v) is 5.54. The lowest BCUT2D eigenvalue weighted by Gasteiger charge is -2.28. The molecule has 2 aromatic heterocycles. The third-order valence-electron chi connectivity index (χ3n) is 4.80. The maximum Gasteiger partial charge on any atom is 0.332 e. The molecular formula is C17H18Cl2N6O2. The number of nitrogens with zero attached hydrogens (tertiary/aromatic N) is 4. The van der Waals surface area contributed by atoms with Crippen molar-refractivity contribution < 1.29 is 0 Å². The Kier molecular flexibility index (Phi) is 4.49. The highest BCUT2D eigenvalue weighted by Gasteiger charge is 2.22. The normalized spacial score (nSPS) is 14.5. The van der Waals surface area contributed by atoms with E-state index in [0.29, 0.717) is 32.7 Å². The average molecular weight is 409 g/mol. The first-order chi connectivity index (χ1) is 12.9. The van der Waals surface area contributed by atoms with Crippen molar-refractivity contribution in [2.45, 2.75) is 12.6 Å². The molecule has 3 aromatic rings. The molecule has 1 fully saturated rings. The summed E-state index contributed by atoms with van der Waals surface area (Å²) in [6, 6.07) is 5.30. The van der Waals surface area contributed by atoms with Crippen molar-refractivity contribution in [3.63, 3.8) is 0 Å². The van der Waals surface area contributed by atoms with Gasteiger partial charge in [-0.3, -0.25) is 13.9 Å². The van der Waals surface area contributed by atoms with Crippen LogP contribution in [0.2, 0.25) is 10.0 Å². The molecule has 0 radical (unpaired) electrons. The van der Waals surface area contributed by atoms with Gasteiger partial charge in [0.05, 0.1) is 22.6 Å². The van der Waals surface area contributed by atoms with Gasteiger partial charge in [-0.15, -0.1) is 0 Å². The number of fused-ring (bicyclic) bond motifs is 1. The van der Waals surface area contributed by atoms with Crippen LogP contribution in [0.5, 0.6) is 0 Å². The molecule has 0 saturated carbocycles. The molecule has 1 aliphatic heterocycles. The van der Waals surface area contributed by atoms with E-state index in [1.807, 2.05) is 0 Å². The van der Waals surface area contributed by atoms with Crippen molar-refractivity contribution >= 4 is 40.3 Å². The molecule has 1 aromatic carbocycles. The lowest BCUT2D eigenvalue weighted by Crippen LogP contribution is -2.51. The summed E-state index contributed by atoms with van der Waals surface area (Å²) in [6.45, 7) is 1.77. The third kappa shape index (κ3) is 3.03. The van der Waals surface area contributed by atoms with E-state index in [0.717, 1.165) is 13.1 Å². The van der Waals surface area contributed by atoms with Crippen LogP contribution in [0.1, 0.15) is 5.56 Å². The fourth-order valence-corrected chi connectivity index (χ4v) is 3.43. The highest BCUT2D eigenvalue weighted by Crippen LogP contribution is 2.23. The van der Waals surface area contributed by atoms with Crippen LogP contribution in [-0.2, 0) is 20.6 Å². The summed E-state index contributed by atoms with van der Waals surface area (Å²) >= 11 is 12.0. The second-order valence-electron chi connectivity index (χ2n) is 6.65. The Morgan fingerprint density at radius 2 is 1.93 bits per heavy atom. The molecule has 0 bridgehead atoms. The van der Waals surface area contributed by atoms with Gasteiger partial charge in [0, 0.05) is 27.2 Å². The van der Waals surface area contributed by atoms with Gasteiger partial charge >= 0.3 is 5.69 Å². The topological polar surface area (TPSA) is 85.9 Å². The quantitative estimate of drug-likeness (QED) is 0.676. The molecule has 0 atom stereocenters. The van der Waals surface area contributed by atoms with E-state index in [1.54, 1.807) is 36.9 Å². The number of nitrogens with one attached hydrogen (secondary N) is 2. The summed E-state index contributed by atoms with van der Waals surface area (Å²) in [5.41, 5.74) is 0.603. The zero-order valence-corrected chi connectivity index (χ0v) is 16.3. The number of hydrogen-bond donors (Lipinski definition) is 2. The summed E-state index contributed by atoms with van der Waals surface area (Å²) in [6.07, 6.45) is 0. The number of aryl methyl sites for hydroxylation is 2. The van der Waals surface area contributed by atoms with E-state index >= 15 is 0 Å². The van der Waals surface area contributed by atoms with Crippen LogP contribution < -0.4 is 21.9 Å². The minimum Gasteiger partial charge on any atom is -0.350 e. The Bertz CT molecular complexity index is 1160. The van der Waals surface area contributed by atoms with Gasteiger partial charge < -0.3 is 15.2 Å². The second-order valence-corrected chi connectivity index (χ2v) is 7.46. The fraction of sp³-hybridized carbons (Fsp3) is 0.353. The zero-order chi connectivity index (χ0) is 19.3. The minimum absolute atomic E-state index is 0.0961. The van der Waals surface area contributed by atoms with Gasteiger partial charge in [-0.1, -0.05) is 29.3 Å². The number of benzene rings is 1. The van der Waals surface area contributed by atoms with Gasteiger partial charge in [-0.2, -0.15) is 4.98 Å². The molecule has 0 unspecified atom stereocenters. The molecule has 0 spiro atoms. The van der Waals surface area contributed by atoms with Gasteiger partial charge in [-0.25, -0.2) is 4.79 Å². The molecule has 1 aliphatic rings. The highest BCUT2D eigenvalue weighted by molar-refractivity contribution is 6.42. The van der Waals surface area contributed by atoms with E-state index in [2.05, 4.69) is 15.6 Å². The monoisotopic (exact) mass is 408 g/mol. The first kappa shape index (κ1) is 18.1. The first-order valence-electron chi connectivity index (χ1n) is 8.44. The predicted molar refractivity (Wildman–Crippen MR) is 106 cm³/mol.